The minimum atomic E-state index is -1.41. The minimum absolute atomic E-state index is 0.0675. The van der Waals surface area contributed by atoms with Crippen molar-refractivity contribution in [2.75, 3.05) is 24.6 Å². The first-order valence-corrected chi connectivity index (χ1v) is 7.36. The minimum Gasteiger partial charge on any atom is -0.501 e. The molecule has 1 aromatic heterocycles. The van der Waals surface area contributed by atoms with E-state index in [1.54, 1.807) is 0 Å². The van der Waals surface area contributed by atoms with Gasteiger partial charge in [-0.25, -0.2) is 9.78 Å². The number of ether oxygens (including phenoxy) is 1. The lowest BCUT2D eigenvalue weighted by atomic mass is 9.89. The maximum atomic E-state index is 12.0. The summed E-state index contributed by atoms with van der Waals surface area (Å²) < 4.78 is 7.04. The second-order valence-corrected chi connectivity index (χ2v) is 5.90. The molecule has 1 aromatic rings. The Kier molecular flexibility index (Phi) is 3.56. The number of anilines is 1. The molecule has 3 rings (SSSR count). The van der Waals surface area contributed by atoms with E-state index in [9.17, 15) is 14.7 Å². The van der Waals surface area contributed by atoms with Crippen molar-refractivity contribution in [1.82, 2.24) is 9.55 Å². The summed E-state index contributed by atoms with van der Waals surface area (Å²) in [6, 6.07) is 0. The highest BCUT2D eigenvalue weighted by Crippen LogP contribution is 2.36. The quantitative estimate of drug-likeness (QED) is 0.811. The van der Waals surface area contributed by atoms with Crippen LogP contribution in [0.3, 0.4) is 0 Å². The predicted octanol–water partition coefficient (Wildman–Crippen LogP) is 0.333. The fourth-order valence-electron chi connectivity index (χ4n) is 3.27. The van der Waals surface area contributed by atoms with Crippen molar-refractivity contribution < 1.29 is 19.7 Å². The molecule has 0 atom stereocenters. The predicted molar refractivity (Wildman–Crippen MR) is 77.5 cm³/mol. The van der Waals surface area contributed by atoms with Gasteiger partial charge in [0.15, 0.2) is 5.69 Å². The number of rotatable bonds is 2. The summed E-state index contributed by atoms with van der Waals surface area (Å²) in [5, 5.41) is 18.7. The van der Waals surface area contributed by atoms with Gasteiger partial charge in [0.05, 0.1) is 5.60 Å². The van der Waals surface area contributed by atoms with Crippen molar-refractivity contribution in [2.24, 2.45) is 7.05 Å². The van der Waals surface area contributed by atoms with Gasteiger partial charge >= 0.3 is 5.97 Å². The molecule has 0 unspecified atom stereocenters. The maximum absolute atomic E-state index is 12.0. The average molecular weight is 309 g/mol. The van der Waals surface area contributed by atoms with Crippen LogP contribution in [-0.4, -0.2) is 51.0 Å². The number of aromatic nitrogens is 2. The molecule has 2 fully saturated rings. The number of hydrogen-bond donors (Lipinski definition) is 2. The zero-order valence-corrected chi connectivity index (χ0v) is 12.4. The fourth-order valence-corrected chi connectivity index (χ4v) is 3.27. The monoisotopic (exact) mass is 309 g/mol. The number of nitrogens with zero attached hydrogens (tertiary/aromatic N) is 3. The van der Waals surface area contributed by atoms with Gasteiger partial charge in [0.25, 0.3) is 5.56 Å². The molecular formula is C14H19N3O5. The van der Waals surface area contributed by atoms with Crippen molar-refractivity contribution in [3.63, 3.8) is 0 Å². The van der Waals surface area contributed by atoms with Gasteiger partial charge < -0.3 is 19.8 Å². The Hall–Kier alpha value is -2.09. The third-order valence-corrected chi connectivity index (χ3v) is 4.59. The van der Waals surface area contributed by atoms with E-state index in [2.05, 4.69) is 4.98 Å². The lowest BCUT2D eigenvalue weighted by Crippen LogP contribution is -2.46. The molecule has 2 aliphatic heterocycles. The molecule has 1 spiro atoms. The summed E-state index contributed by atoms with van der Waals surface area (Å²) in [4.78, 5) is 28.9. The molecule has 2 N–H and O–H groups in total. The number of aromatic carboxylic acids is 1. The maximum Gasteiger partial charge on any atom is 0.358 e. The topological polar surface area (TPSA) is 105 Å². The van der Waals surface area contributed by atoms with Crippen LogP contribution in [0.25, 0.3) is 0 Å². The first kappa shape index (κ1) is 14.8. The molecule has 0 bridgehead atoms. The smallest absolute Gasteiger partial charge is 0.358 e. The van der Waals surface area contributed by atoms with E-state index >= 15 is 0 Å². The van der Waals surface area contributed by atoms with E-state index in [1.165, 1.54) is 11.6 Å². The number of carboxylic acid groups (broad SMARTS) is 1. The van der Waals surface area contributed by atoms with Crippen molar-refractivity contribution >= 4 is 11.9 Å². The molecule has 8 nitrogen and oxygen atoms in total. The van der Waals surface area contributed by atoms with Gasteiger partial charge in [-0.2, -0.15) is 0 Å². The standard InChI is InChI=1S/C14H19N3O5/c1-16-11(19)10(18)9(12(20)21)15-13(16)17-6-4-14(5-7-17)3-2-8-22-14/h18H,2-8H2,1H3,(H,20,21). The van der Waals surface area contributed by atoms with E-state index in [-0.39, 0.29) is 11.5 Å². The molecule has 3 heterocycles. The Morgan fingerprint density at radius 2 is 2.00 bits per heavy atom. The molecule has 2 saturated heterocycles. The number of piperidine rings is 1. The van der Waals surface area contributed by atoms with Crippen LogP contribution in [0.1, 0.15) is 36.2 Å². The Morgan fingerprint density at radius 1 is 1.32 bits per heavy atom. The van der Waals surface area contributed by atoms with Gasteiger partial charge in [-0.05, 0) is 25.7 Å². The first-order valence-electron chi connectivity index (χ1n) is 7.36. The van der Waals surface area contributed by atoms with Crippen LogP contribution < -0.4 is 10.5 Å². The molecule has 8 heteroatoms. The molecule has 0 amide bonds. The Morgan fingerprint density at radius 3 is 2.55 bits per heavy atom. The molecule has 22 heavy (non-hydrogen) atoms. The van der Waals surface area contributed by atoms with Crippen LogP contribution >= 0.6 is 0 Å². The summed E-state index contributed by atoms with van der Waals surface area (Å²) in [5.74, 6) is -1.97. The third-order valence-electron chi connectivity index (χ3n) is 4.59. The number of hydrogen-bond acceptors (Lipinski definition) is 6. The van der Waals surface area contributed by atoms with Crippen LogP contribution in [0.2, 0.25) is 0 Å². The summed E-state index contributed by atoms with van der Waals surface area (Å²) >= 11 is 0. The lowest BCUT2D eigenvalue weighted by Gasteiger charge is -2.39. The van der Waals surface area contributed by atoms with Gasteiger partial charge in [-0.15, -0.1) is 0 Å². The Bertz CT molecular complexity index is 653. The number of carbonyl (C=O) groups is 1. The zero-order valence-electron chi connectivity index (χ0n) is 12.4. The van der Waals surface area contributed by atoms with Gasteiger partial charge in [0.2, 0.25) is 11.7 Å². The van der Waals surface area contributed by atoms with E-state index in [0.29, 0.717) is 13.1 Å². The molecule has 2 aliphatic rings. The third kappa shape index (κ3) is 2.33. The highest BCUT2D eigenvalue weighted by molar-refractivity contribution is 5.88. The number of carboxylic acids is 1. The van der Waals surface area contributed by atoms with Crippen molar-refractivity contribution in [2.45, 2.75) is 31.3 Å². The van der Waals surface area contributed by atoms with Crippen LogP contribution in [0.5, 0.6) is 5.75 Å². The summed E-state index contributed by atoms with van der Waals surface area (Å²) in [6.07, 6.45) is 3.76. The second-order valence-electron chi connectivity index (χ2n) is 5.90. The van der Waals surface area contributed by atoms with Crippen molar-refractivity contribution in [3.8, 4) is 5.75 Å². The normalized spacial score (nSPS) is 20.5. The highest BCUT2D eigenvalue weighted by Gasteiger charge is 2.39. The molecule has 0 saturated carbocycles. The lowest BCUT2D eigenvalue weighted by molar-refractivity contribution is -0.0149. The summed E-state index contributed by atoms with van der Waals surface area (Å²) in [6.45, 7) is 2.08. The van der Waals surface area contributed by atoms with Crippen LogP contribution in [0, 0.1) is 0 Å². The van der Waals surface area contributed by atoms with Gasteiger partial charge in [0, 0.05) is 26.7 Å². The van der Waals surface area contributed by atoms with Crippen LogP contribution in [-0.2, 0) is 11.8 Å². The first-order chi connectivity index (χ1) is 10.4. The van der Waals surface area contributed by atoms with Gasteiger partial charge in [-0.3, -0.25) is 9.36 Å². The summed E-state index contributed by atoms with van der Waals surface area (Å²) in [7, 11) is 1.48. The van der Waals surface area contributed by atoms with Gasteiger partial charge in [0.1, 0.15) is 0 Å². The Labute approximate surface area is 127 Å². The molecular weight excluding hydrogens is 290 g/mol. The highest BCUT2D eigenvalue weighted by atomic mass is 16.5. The molecule has 0 aliphatic carbocycles. The van der Waals surface area contributed by atoms with Crippen molar-refractivity contribution in [1.29, 1.82) is 0 Å². The van der Waals surface area contributed by atoms with E-state index in [4.69, 9.17) is 9.84 Å². The largest absolute Gasteiger partial charge is 0.501 e. The molecule has 120 valence electrons. The average Bonchev–Trinajstić information content (AvgIpc) is 2.94. The molecule has 0 aromatic carbocycles. The zero-order chi connectivity index (χ0) is 15.9. The summed E-state index contributed by atoms with van der Waals surface area (Å²) in [5.41, 5.74) is -1.42. The SMILES string of the molecule is Cn1c(N2CCC3(CCCO3)CC2)nc(C(=O)O)c(O)c1=O. The number of aromatic hydroxyl groups is 1. The van der Waals surface area contributed by atoms with Crippen molar-refractivity contribution in [3.05, 3.63) is 16.0 Å². The van der Waals surface area contributed by atoms with E-state index < -0.39 is 23.0 Å². The van der Waals surface area contributed by atoms with E-state index in [0.717, 1.165) is 32.3 Å². The van der Waals surface area contributed by atoms with Crippen LogP contribution in [0.15, 0.2) is 4.79 Å². The van der Waals surface area contributed by atoms with Crippen LogP contribution in [0.4, 0.5) is 5.95 Å². The fraction of sp³-hybridized carbons (Fsp3) is 0.643. The van der Waals surface area contributed by atoms with Gasteiger partial charge in [-0.1, -0.05) is 0 Å². The Balaban J connectivity index is 1.89. The molecule has 0 radical (unpaired) electrons. The second kappa shape index (κ2) is 5.28. The van der Waals surface area contributed by atoms with E-state index in [1.807, 2.05) is 4.90 Å².